The molecule has 9 heteroatoms. The van der Waals surface area contributed by atoms with Crippen LogP contribution in [0.25, 0.3) is 11.5 Å². The molecule has 0 aliphatic rings. The Morgan fingerprint density at radius 2 is 1.84 bits per heavy atom. The van der Waals surface area contributed by atoms with Gasteiger partial charge in [-0.05, 0) is 39.0 Å². The Labute approximate surface area is 146 Å². The van der Waals surface area contributed by atoms with Crippen molar-refractivity contribution in [1.82, 2.24) is 15.0 Å². The van der Waals surface area contributed by atoms with E-state index >= 15 is 0 Å². The molecule has 0 fully saturated rings. The van der Waals surface area contributed by atoms with E-state index in [9.17, 15) is 13.2 Å². The highest BCUT2D eigenvalue weighted by molar-refractivity contribution is 7.91. The number of nitrogens with zero attached hydrogens (tertiary/aromatic N) is 3. The minimum atomic E-state index is -3.59. The first-order chi connectivity index (χ1) is 11.6. The fraction of sp³-hybridized carbons (Fsp3) is 0.375. The zero-order chi connectivity index (χ0) is 18.7. The van der Waals surface area contributed by atoms with Crippen LogP contribution in [0, 0.1) is 0 Å². The lowest BCUT2D eigenvalue weighted by Crippen LogP contribution is -2.28. The number of carbonyl (C=O) groups is 1. The molecule has 1 N–H and O–H groups in total. The van der Waals surface area contributed by atoms with E-state index in [2.05, 4.69) is 20.3 Å². The number of sulfone groups is 1. The van der Waals surface area contributed by atoms with Gasteiger partial charge in [-0.15, -0.1) is 0 Å². The van der Waals surface area contributed by atoms with Crippen LogP contribution in [0.3, 0.4) is 0 Å². The third-order valence-electron chi connectivity index (χ3n) is 2.99. The zero-order valence-electron chi connectivity index (χ0n) is 14.5. The van der Waals surface area contributed by atoms with E-state index in [1.54, 1.807) is 39.2 Å². The number of nitrogens with one attached hydrogen (secondary N) is 1. The van der Waals surface area contributed by atoms with Gasteiger partial charge < -0.3 is 4.74 Å². The topological polar surface area (TPSA) is 111 Å². The molecule has 0 aliphatic heterocycles. The average Bonchev–Trinajstić information content (AvgIpc) is 2.53. The van der Waals surface area contributed by atoms with E-state index < -0.39 is 21.5 Å². The number of anilines is 1. The van der Waals surface area contributed by atoms with E-state index in [1.807, 2.05) is 0 Å². The summed E-state index contributed by atoms with van der Waals surface area (Å²) in [5, 5.41) is 2.41. The van der Waals surface area contributed by atoms with Crippen LogP contribution >= 0.6 is 0 Å². The molecular formula is C16H20N4O4S. The molecule has 2 aromatic heterocycles. The van der Waals surface area contributed by atoms with Crippen LogP contribution in [0.2, 0.25) is 0 Å². The summed E-state index contributed by atoms with van der Waals surface area (Å²) in [5.41, 5.74) is -0.393. The van der Waals surface area contributed by atoms with Gasteiger partial charge in [-0.3, -0.25) is 5.32 Å². The molecule has 0 atom stereocenters. The Bertz CT molecular complexity index is 861. The summed E-state index contributed by atoms with van der Waals surface area (Å²) in [7, 11) is -3.59. The van der Waals surface area contributed by atoms with Crippen LogP contribution in [0.4, 0.5) is 10.6 Å². The molecule has 0 saturated heterocycles. The third kappa shape index (κ3) is 4.96. The second-order valence-corrected chi connectivity index (χ2v) is 8.39. The molecule has 0 spiro atoms. The Hall–Kier alpha value is -2.55. The summed E-state index contributed by atoms with van der Waals surface area (Å²) in [6, 6.07) is 4.53. The summed E-state index contributed by atoms with van der Waals surface area (Å²) < 4.78 is 29.7. The summed E-state index contributed by atoms with van der Waals surface area (Å²) in [5.74, 6) is 0.0787. The molecule has 8 nitrogen and oxygen atoms in total. The number of carbonyl (C=O) groups excluding carboxylic acids is 1. The minimum Gasteiger partial charge on any atom is -0.444 e. The van der Waals surface area contributed by atoms with Crippen molar-refractivity contribution in [3.8, 4) is 11.5 Å². The maximum Gasteiger partial charge on any atom is 0.413 e. The summed E-state index contributed by atoms with van der Waals surface area (Å²) in [4.78, 5) is 24.3. The largest absolute Gasteiger partial charge is 0.444 e. The fourth-order valence-electron chi connectivity index (χ4n) is 1.90. The van der Waals surface area contributed by atoms with Crippen molar-refractivity contribution in [3.05, 3.63) is 30.6 Å². The minimum absolute atomic E-state index is 0.0828. The Balaban J connectivity index is 2.47. The first-order valence-corrected chi connectivity index (χ1v) is 9.29. The SMILES string of the molecule is CCS(=O)(=O)c1ccc(-c2ncccn2)nc1NC(=O)OC(C)(C)C. The summed E-state index contributed by atoms with van der Waals surface area (Å²) >= 11 is 0. The van der Waals surface area contributed by atoms with Crippen LogP contribution in [0.1, 0.15) is 27.7 Å². The van der Waals surface area contributed by atoms with E-state index in [1.165, 1.54) is 19.1 Å². The second kappa shape index (κ2) is 7.14. The molecule has 2 heterocycles. The molecule has 0 radical (unpaired) electrons. The maximum atomic E-state index is 12.3. The number of rotatable bonds is 4. The van der Waals surface area contributed by atoms with Crippen molar-refractivity contribution in [3.63, 3.8) is 0 Å². The molecule has 0 aromatic carbocycles. The number of hydrogen-bond donors (Lipinski definition) is 1. The fourth-order valence-corrected chi connectivity index (χ4v) is 2.88. The highest BCUT2D eigenvalue weighted by Crippen LogP contribution is 2.24. The number of pyridine rings is 1. The number of hydrogen-bond acceptors (Lipinski definition) is 7. The number of amides is 1. The lowest BCUT2D eigenvalue weighted by atomic mass is 10.2. The van der Waals surface area contributed by atoms with Crippen molar-refractivity contribution in [2.24, 2.45) is 0 Å². The molecule has 25 heavy (non-hydrogen) atoms. The van der Waals surface area contributed by atoms with E-state index in [0.717, 1.165) is 0 Å². The number of ether oxygens (including phenoxy) is 1. The Kier molecular flexibility index (Phi) is 5.36. The van der Waals surface area contributed by atoms with Gasteiger partial charge >= 0.3 is 6.09 Å². The van der Waals surface area contributed by atoms with Gasteiger partial charge in [0.15, 0.2) is 21.5 Å². The van der Waals surface area contributed by atoms with E-state index in [4.69, 9.17) is 4.74 Å². The zero-order valence-corrected chi connectivity index (χ0v) is 15.3. The molecule has 134 valence electrons. The normalized spacial score (nSPS) is 11.8. The van der Waals surface area contributed by atoms with Crippen LogP contribution in [-0.4, -0.2) is 40.8 Å². The van der Waals surface area contributed by atoms with Crippen LogP contribution in [0.15, 0.2) is 35.5 Å². The Morgan fingerprint density at radius 1 is 1.20 bits per heavy atom. The van der Waals surface area contributed by atoms with Gasteiger partial charge in [0.1, 0.15) is 16.2 Å². The first kappa shape index (κ1) is 18.8. The quantitative estimate of drug-likeness (QED) is 0.887. The van der Waals surface area contributed by atoms with Gasteiger partial charge in [0, 0.05) is 12.4 Å². The molecular weight excluding hydrogens is 344 g/mol. The van der Waals surface area contributed by atoms with Crippen molar-refractivity contribution >= 4 is 21.7 Å². The van der Waals surface area contributed by atoms with Gasteiger partial charge in [0.25, 0.3) is 0 Å². The Morgan fingerprint density at radius 3 is 2.40 bits per heavy atom. The average molecular weight is 364 g/mol. The van der Waals surface area contributed by atoms with Crippen molar-refractivity contribution in [2.75, 3.05) is 11.1 Å². The van der Waals surface area contributed by atoms with Gasteiger partial charge in [0.05, 0.1) is 5.75 Å². The van der Waals surface area contributed by atoms with Crippen molar-refractivity contribution < 1.29 is 17.9 Å². The van der Waals surface area contributed by atoms with Gasteiger partial charge in [0.2, 0.25) is 0 Å². The molecule has 0 aliphatic carbocycles. The number of aromatic nitrogens is 3. The van der Waals surface area contributed by atoms with Crippen molar-refractivity contribution in [1.29, 1.82) is 0 Å². The predicted molar refractivity (Wildman–Crippen MR) is 92.8 cm³/mol. The molecule has 0 bridgehead atoms. The first-order valence-electron chi connectivity index (χ1n) is 7.63. The van der Waals surface area contributed by atoms with Gasteiger partial charge in [-0.1, -0.05) is 6.92 Å². The summed E-state index contributed by atoms with van der Waals surface area (Å²) in [6.45, 7) is 6.63. The van der Waals surface area contributed by atoms with Gasteiger partial charge in [-0.25, -0.2) is 28.2 Å². The smallest absolute Gasteiger partial charge is 0.413 e. The molecule has 0 saturated carbocycles. The third-order valence-corrected chi connectivity index (χ3v) is 4.75. The molecule has 0 unspecified atom stereocenters. The lowest BCUT2D eigenvalue weighted by molar-refractivity contribution is 0.0635. The van der Waals surface area contributed by atoms with Crippen LogP contribution < -0.4 is 5.32 Å². The van der Waals surface area contributed by atoms with Crippen LogP contribution in [0.5, 0.6) is 0 Å². The molecule has 2 aromatic rings. The highest BCUT2D eigenvalue weighted by atomic mass is 32.2. The van der Waals surface area contributed by atoms with Gasteiger partial charge in [-0.2, -0.15) is 0 Å². The standard InChI is InChI=1S/C16H20N4O4S/c1-5-25(22,23)12-8-7-11(13-17-9-6-10-18-13)19-14(12)20-15(21)24-16(2,3)4/h6-10H,5H2,1-4H3,(H,19,20,21). The second-order valence-electron chi connectivity index (χ2n) is 6.15. The monoisotopic (exact) mass is 364 g/mol. The maximum absolute atomic E-state index is 12.3. The van der Waals surface area contributed by atoms with Crippen molar-refractivity contribution in [2.45, 2.75) is 38.2 Å². The lowest BCUT2D eigenvalue weighted by Gasteiger charge is -2.20. The molecule has 2 rings (SSSR count). The summed E-state index contributed by atoms with van der Waals surface area (Å²) in [6.07, 6.45) is 2.29. The van der Waals surface area contributed by atoms with E-state index in [0.29, 0.717) is 11.5 Å². The predicted octanol–water partition coefficient (Wildman–Crippen LogP) is 2.68. The highest BCUT2D eigenvalue weighted by Gasteiger charge is 2.23. The van der Waals surface area contributed by atoms with E-state index in [-0.39, 0.29) is 16.5 Å². The van der Waals surface area contributed by atoms with Crippen LogP contribution in [-0.2, 0) is 14.6 Å². The molecule has 1 amide bonds.